The molecule has 0 saturated carbocycles. The Morgan fingerprint density at radius 3 is 2.31 bits per heavy atom. The Labute approximate surface area is 200 Å². The summed E-state index contributed by atoms with van der Waals surface area (Å²) in [5.41, 5.74) is 4.05. The third-order valence-corrected chi connectivity index (χ3v) is 6.77. The molecule has 0 N–H and O–H groups in total. The van der Waals surface area contributed by atoms with Crippen molar-refractivity contribution in [2.75, 3.05) is 39.2 Å². The third-order valence-electron chi connectivity index (χ3n) is 5.41. The van der Waals surface area contributed by atoms with E-state index in [-0.39, 0.29) is 23.6 Å². The lowest BCUT2D eigenvalue weighted by Gasteiger charge is -2.28. The van der Waals surface area contributed by atoms with Crippen LogP contribution in [0, 0.1) is 13.8 Å². The molecule has 6 nitrogen and oxygen atoms in total. The molecule has 0 aliphatic carbocycles. The first kappa shape index (κ1) is 26.0. The molecule has 0 bridgehead atoms. The zero-order chi connectivity index (χ0) is 22.7. The van der Waals surface area contributed by atoms with Crippen LogP contribution >= 0.6 is 24.2 Å². The molecule has 0 aromatic heterocycles. The summed E-state index contributed by atoms with van der Waals surface area (Å²) in [4.78, 5) is 30.5. The van der Waals surface area contributed by atoms with E-state index in [0.29, 0.717) is 13.1 Å². The Kier molecular flexibility index (Phi) is 9.01. The monoisotopic (exact) mass is 478 g/mol. The van der Waals surface area contributed by atoms with Crippen molar-refractivity contribution in [2.45, 2.75) is 37.0 Å². The van der Waals surface area contributed by atoms with Gasteiger partial charge in [-0.3, -0.25) is 9.59 Å². The summed E-state index contributed by atoms with van der Waals surface area (Å²) in [6.45, 7) is 6.67. The first-order chi connectivity index (χ1) is 14.7. The lowest BCUT2D eigenvalue weighted by Crippen LogP contribution is -2.45. The van der Waals surface area contributed by atoms with Gasteiger partial charge in [0.25, 0.3) is 5.91 Å². The number of nitrogens with zero attached hydrogens (tertiary/aromatic N) is 2. The van der Waals surface area contributed by atoms with E-state index in [4.69, 9.17) is 9.47 Å². The molecule has 32 heavy (non-hydrogen) atoms. The summed E-state index contributed by atoms with van der Waals surface area (Å²) in [6.07, 6.45) is -0.925. The Morgan fingerprint density at radius 2 is 1.75 bits per heavy atom. The Balaban J connectivity index is 0.00000363. The number of likely N-dealkylation sites (N-methyl/N-ethyl adjacent to an activating group) is 1. The third kappa shape index (κ3) is 5.77. The molecule has 2 aromatic rings. The molecule has 1 aliphatic heterocycles. The number of thioether (sulfide) groups is 1. The highest BCUT2D eigenvalue weighted by Crippen LogP contribution is 2.47. The second kappa shape index (κ2) is 11.1. The van der Waals surface area contributed by atoms with Gasteiger partial charge in [0.05, 0.1) is 18.0 Å². The smallest absolute Gasteiger partial charge is 0.303 e. The van der Waals surface area contributed by atoms with Gasteiger partial charge in [0.2, 0.25) is 0 Å². The lowest BCUT2D eigenvalue weighted by atomic mass is 10.0. The summed E-state index contributed by atoms with van der Waals surface area (Å²) in [5.74, 6) is 0.0629. The van der Waals surface area contributed by atoms with Gasteiger partial charge in [-0.25, -0.2) is 0 Å². The Morgan fingerprint density at radius 1 is 1.12 bits per heavy atom. The molecular formula is C24H31ClN2O4S. The van der Waals surface area contributed by atoms with Gasteiger partial charge in [0, 0.05) is 24.9 Å². The summed E-state index contributed by atoms with van der Waals surface area (Å²) in [6, 6.07) is 11.8. The van der Waals surface area contributed by atoms with E-state index in [1.54, 1.807) is 23.8 Å². The molecule has 2 atom stereocenters. The second-order valence-electron chi connectivity index (χ2n) is 8.04. The van der Waals surface area contributed by atoms with Crippen molar-refractivity contribution < 1.29 is 19.1 Å². The number of fused-ring (bicyclic) bond motifs is 1. The molecule has 1 amide bonds. The first-order valence-corrected chi connectivity index (χ1v) is 11.1. The lowest BCUT2D eigenvalue weighted by molar-refractivity contribution is -0.152. The van der Waals surface area contributed by atoms with Crippen molar-refractivity contribution in [3.63, 3.8) is 0 Å². The SMILES string of the molecule is COc1ccc([C@H]2Sc3cc(C)c(C)cc3N(CCN(C)C)C(=O)[C@H]2OC(C)=O)cc1.Cl. The van der Waals surface area contributed by atoms with Crippen LogP contribution < -0.4 is 9.64 Å². The van der Waals surface area contributed by atoms with Crippen molar-refractivity contribution in [1.82, 2.24) is 4.90 Å². The van der Waals surface area contributed by atoms with E-state index in [2.05, 4.69) is 19.1 Å². The number of benzene rings is 2. The molecule has 0 spiro atoms. The van der Waals surface area contributed by atoms with Crippen molar-refractivity contribution in [3.8, 4) is 5.75 Å². The van der Waals surface area contributed by atoms with Gasteiger partial charge in [-0.05, 0) is 68.9 Å². The van der Waals surface area contributed by atoms with Gasteiger partial charge in [0.15, 0.2) is 6.10 Å². The van der Waals surface area contributed by atoms with Crippen LogP contribution in [0.1, 0.15) is 28.9 Å². The number of esters is 1. The van der Waals surface area contributed by atoms with Crippen LogP contribution in [-0.4, -0.2) is 57.2 Å². The van der Waals surface area contributed by atoms with E-state index in [9.17, 15) is 9.59 Å². The van der Waals surface area contributed by atoms with Gasteiger partial charge in [0.1, 0.15) is 5.75 Å². The fourth-order valence-corrected chi connectivity index (χ4v) is 4.94. The second-order valence-corrected chi connectivity index (χ2v) is 9.22. The average molecular weight is 479 g/mol. The highest BCUT2D eigenvalue weighted by molar-refractivity contribution is 7.99. The number of methoxy groups -OCH3 is 1. The normalized spacial score (nSPS) is 18.0. The number of amides is 1. The van der Waals surface area contributed by atoms with Crippen molar-refractivity contribution in [2.24, 2.45) is 0 Å². The minimum Gasteiger partial charge on any atom is -0.497 e. The Bertz CT molecular complexity index is 965. The number of rotatable bonds is 6. The maximum Gasteiger partial charge on any atom is 0.303 e. The summed E-state index contributed by atoms with van der Waals surface area (Å²) in [5, 5.41) is -0.368. The number of hydrogen-bond donors (Lipinski definition) is 0. The van der Waals surface area contributed by atoms with Crippen LogP contribution in [0.15, 0.2) is 41.3 Å². The molecule has 8 heteroatoms. The predicted molar refractivity (Wildman–Crippen MR) is 131 cm³/mol. The molecule has 1 heterocycles. The van der Waals surface area contributed by atoms with Crippen LogP contribution in [0.25, 0.3) is 0 Å². The quantitative estimate of drug-likeness (QED) is 0.573. The van der Waals surface area contributed by atoms with E-state index in [0.717, 1.165) is 33.0 Å². The molecule has 3 rings (SSSR count). The van der Waals surface area contributed by atoms with Gasteiger partial charge in [-0.15, -0.1) is 24.2 Å². The number of aryl methyl sites for hydroxylation is 2. The van der Waals surface area contributed by atoms with Gasteiger partial charge >= 0.3 is 5.97 Å². The van der Waals surface area contributed by atoms with Crippen LogP contribution in [0.5, 0.6) is 5.75 Å². The zero-order valence-corrected chi connectivity index (χ0v) is 21.0. The van der Waals surface area contributed by atoms with Crippen LogP contribution in [0.4, 0.5) is 5.69 Å². The highest BCUT2D eigenvalue weighted by atomic mass is 35.5. The van der Waals surface area contributed by atoms with Gasteiger partial charge in [-0.2, -0.15) is 0 Å². The number of halogens is 1. The molecule has 2 aromatic carbocycles. The maximum atomic E-state index is 13.8. The topological polar surface area (TPSA) is 59.1 Å². The maximum absolute atomic E-state index is 13.8. The van der Waals surface area contributed by atoms with Gasteiger partial charge in [-0.1, -0.05) is 12.1 Å². The number of anilines is 1. The fourth-order valence-electron chi connectivity index (χ4n) is 3.54. The molecule has 0 radical (unpaired) electrons. The van der Waals surface area contributed by atoms with Crippen LogP contribution in [0.2, 0.25) is 0 Å². The summed E-state index contributed by atoms with van der Waals surface area (Å²) >= 11 is 1.56. The fraction of sp³-hybridized carbons (Fsp3) is 0.417. The minimum atomic E-state index is -0.925. The number of carbonyl (C=O) groups excluding carboxylic acids is 2. The van der Waals surface area contributed by atoms with Crippen molar-refractivity contribution >= 4 is 41.7 Å². The number of hydrogen-bond acceptors (Lipinski definition) is 6. The van der Waals surface area contributed by atoms with Crippen LogP contribution in [0.3, 0.4) is 0 Å². The standard InChI is InChI=1S/C24H30N2O4S.ClH/c1-15-13-20-21(14-16(15)2)31-23(18-7-9-19(29-6)10-8-18)22(30-17(3)27)24(28)26(20)12-11-25(4)5;/h7-10,13-14,22-23H,11-12H2,1-6H3;1H/t22-,23+;/m0./s1. The molecule has 174 valence electrons. The van der Waals surface area contributed by atoms with E-state index in [1.807, 2.05) is 50.2 Å². The summed E-state index contributed by atoms with van der Waals surface area (Å²) < 4.78 is 10.9. The molecule has 0 saturated heterocycles. The van der Waals surface area contributed by atoms with Crippen molar-refractivity contribution in [1.29, 1.82) is 0 Å². The summed E-state index contributed by atoms with van der Waals surface area (Å²) in [7, 11) is 5.56. The molecule has 1 aliphatic rings. The Hall–Kier alpha value is -2.22. The molecule has 0 fully saturated rings. The van der Waals surface area contributed by atoms with Crippen molar-refractivity contribution in [3.05, 3.63) is 53.1 Å². The number of ether oxygens (including phenoxy) is 2. The zero-order valence-electron chi connectivity index (χ0n) is 19.4. The average Bonchev–Trinajstić information content (AvgIpc) is 2.82. The largest absolute Gasteiger partial charge is 0.497 e. The van der Waals surface area contributed by atoms with E-state index in [1.165, 1.54) is 6.92 Å². The van der Waals surface area contributed by atoms with E-state index >= 15 is 0 Å². The predicted octanol–water partition coefficient (Wildman–Crippen LogP) is 4.41. The molecule has 0 unspecified atom stereocenters. The molecular weight excluding hydrogens is 448 g/mol. The first-order valence-electron chi connectivity index (χ1n) is 10.3. The highest BCUT2D eigenvalue weighted by Gasteiger charge is 2.41. The minimum absolute atomic E-state index is 0. The van der Waals surface area contributed by atoms with Crippen LogP contribution in [-0.2, 0) is 14.3 Å². The van der Waals surface area contributed by atoms with Gasteiger partial charge < -0.3 is 19.3 Å². The number of carbonyl (C=O) groups is 2. The van der Waals surface area contributed by atoms with E-state index < -0.39 is 12.1 Å².